The topological polar surface area (TPSA) is 23.6 Å². The van der Waals surface area contributed by atoms with Crippen molar-refractivity contribution in [3.8, 4) is 0 Å². The second-order valence-corrected chi connectivity index (χ2v) is 6.67. The molecule has 3 rings (SSSR count). The van der Waals surface area contributed by atoms with E-state index in [1.807, 2.05) is 35.2 Å². The van der Waals surface area contributed by atoms with Crippen molar-refractivity contribution in [2.75, 3.05) is 26.7 Å². The number of amides is 1. The highest BCUT2D eigenvalue weighted by molar-refractivity contribution is 9.10. The lowest BCUT2D eigenvalue weighted by atomic mass is 10.0. The normalized spacial score (nSPS) is 18.9. The number of benzene rings is 2. The van der Waals surface area contributed by atoms with E-state index in [9.17, 15) is 9.18 Å². The van der Waals surface area contributed by atoms with Gasteiger partial charge in [0.05, 0.1) is 11.6 Å². The van der Waals surface area contributed by atoms with Crippen molar-refractivity contribution in [3.05, 3.63) is 69.9 Å². The molecule has 0 radical (unpaired) electrons. The molecule has 1 heterocycles. The fourth-order valence-corrected chi connectivity index (χ4v) is 3.36. The van der Waals surface area contributed by atoms with E-state index in [2.05, 4.69) is 27.9 Å². The summed E-state index contributed by atoms with van der Waals surface area (Å²) in [5.74, 6) is -0.541. The Bertz CT molecular complexity index is 707. The summed E-state index contributed by atoms with van der Waals surface area (Å²) in [6, 6.07) is 14.2. The minimum absolute atomic E-state index is 0.0300. The van der Waals surface area contributed by atoms with Crippen LogP contribution in [0.3, 0.4) is 0 Å². The lowest BCUT2D eigenvalue weighted by molar-refractivity contribution is 0.0496. The zero-order valence-corrected chi connectivity index (χ0v) is 14.5. The van der Waals surface area contributed by atoms with Gasteiger partial charge in [-0.2, -0.15) is 0 Å². The van der Waals surface area contributed by atoms with Crippen LogP contribution in [0, 0.1) is 5.82 Å². The molecule has 1 amide bonds. The van der Waals surface area contributed by atoms with Crippen LogP contribution in [-0.2, 0) is 0 Å². The van der Waals surface area contributed by atoms with Gasteiger partial charge in [-0.05, 0) is 46.7 Å². The minimum atomic E-state index is -0.401. The van der Waals surface area contributed by atoms with E-state index in [1.54, 1.807) is 6.07 Å². The lowest BCUT2D eigenvalue weighted by Gasteiger charge is -2.40. The Morgan fingerprint density at radius 3 is 2.65 bits per heavy atom. The van der Waals surface area contributed by atoms with Gasteiger partial charge < -0.3 is 9.80 Å². The van der Waals surface area contributed by atoms with Crippen molar-refractivity contribution in [2.24, 2.45) is 0 Å². The molecule has 0 aliphatic carbocycles. The summed E-state index contributed by atoms with van der Waals surface area (Å²) in [7, 11) is 2.05. The highest BCUT2D eigenvalue weighted by Gasteiger charge is 2.31. The highest BCUT2D eigenvalue weighted by atomic mass is 79.9. The molecular weight excluding hydrogens is 359 g/mol. The first kappa shape index (κ1) is 16.1. The maximum Gasteiger partial charge on any atom is 0.255 e. The number of hydrogen-bond acceptors (Lipinski definition) is 2. The quantitative estimate of drug-likeness (QED) is 0.797. The van der Waals surface area contributed by atoms with Crippen LogP contribution in [0.5, 0.6) is 0 Å². The Hall–Kier alpha value is -1.72. The van der Waals surface area contributed by atoms with Crippen LogP contribution in [0.1, 0.15) is 22.0 Å². The Morgan fingerprint density at radius 1 is 1.17 bits per heavy atom. The summed E-state index contributed by atoms with van der Waals surface area (Å²) >= 11 is 3.36. The third-order valence-electron chi connectivity index (χ3n) is 4.19. The molecule has 3 nitrogen and oxygen atoms in total. The first-order valence-corrected chi connectivity index (χ1v) is 8.35. The predicted octanol–water partition coefficient (Wildman–Crippen LogP) is 3.72. The van der Waals surface area contributed by atoms with Crippen LogP contribution in [0.2, 0.25) is 0 Å². The average Bonchev–Trinajstić information content (AvgIpc) is 2.57. The molecule has 2 aromatic rings. The molecule has 5 heteroatoms. The third kappa shape index (κ3) is 3.46. The number of carbonyl (C=O) groups excluding carboxylic acids is 1. The molecule has 1 saturated heterocycles. The monoisotopic (exact) mass is 376 g/mol. The van der Waals surface area contributed by atoms with Crippen LogP contribution >= 0.6 is 15.9 Å². The van der Waals surface area contributed by atoms with Crippen molar-refractivity contribution in [1.82, 2.24) is 9.80 Å². The molecule has 0 N–H and O–H groups in total. The van der Waals surface area contributed by atoms with E-state index < -0.39 is 5.82 Å². The number of rotatable bonds is 2. The van der Waals surface area contributed by atoms with E-state index in [-0.39, 0.29) is 11.9 Å². The highest BCUT2D eigenvalue weighted by Crippen LogP contribution is 2.28. The molecule has 1 aliphatic heterocycles. The third-order valence-corrected chi connectivity index (χ3v) is 4.88. The Morgan fingerprint density at radius 2 is 1.91 bits per heavy atom. The molecule has 0 saturated carbocycles. The van der Waals surface area contributed by atoms with Gasteiger partial charge in [0.2, 0.25) is 0 Å². The number of piperazine rings is 1. The van der Waals surface area contributed by atoms with E-state index in [4.69, 9.17) is 0 Å². The minimum Gasteiger partial charge on any atom is -0.329 e. The summed E-state index contributed by atoms with van der Waals surface area (Å²) < 4.78 is 14.2. The van der Waals surface area contributed by atoms with Gasteiger partial charge in [0.15, 0.2) is 0 Å². The summed E-state index contributed by atoms with van der Waals surface area (Å²) in [4.78, 5) is 17.0. The summed E-state index contributed by atoms with van der Waals surface area (Å²) in [5, 5.41) is 0. The molecule has 2 aromatic carbocycles. The van der Waals surface area contributed by atoms with E-state index in [1.165, 1.54) is 12.1 Å². The van der Waals surface area contributed by atoms with Crippen LogP contribution in [0.4, 0.5) is 4.39 Å². The molecule has 120 valence electrons. The number of nitrogens with zero attached hydrogens (tertiary/aromatic N) is 2. The second kappa shape index (κ2) is 6.81. The van der Waals surface area contributed by atoms with Gasteiger partial charge in [-0.15, -0.1) is 0 Å². The van der Waals surface area contributed by atoms with Crippen molar-refractivity contribution < 1.29 is 9.18 Å². The van der Waals surface area contributed by atoms with Gasteiger partial charge in [0.1, 0.15) is 5.82 Å². The second-order valence-electron chi connectivity index (χ2n) is 5.81. The van der Waals surface area contributed by atoms with E-state index >= 15 is 0 Å². The molecule has 1 aliphatic rings. The lowest BCUT2D eigenvalue weighted by Crippen LogP contribution is -2.49. The molecule has 0 aromatic heterocycles. The van der Waals surface area contributed by atoms with Crippen molar-refractivity contribution in [1.29, 1.82) is 0 Å². The molecule has 1 fully saturated rings. The van der Waals surface area contributed by atoms with Gasteiger partial charge >= 0.3 is 0 Å². The van der Waals surface area contributed by atoms with Gasteiger partial charge in [0.25, 0.3) is 5.91 Å². The fraction of sp³-hybridized carbons (Fsp3) is 0.278. The van der Waals surface area contributed by atoms with Crippen LogP contribution in [0.15, 0.2) is 53.0 Å². The van der Waals surface area contributed by atoms with Crippen LogP contribution < -0.4 is 0 Å². The summed E-state index contributed by atoms with van der Waals surface area (Å²) in [6.07, 6.45) is 0. The van der Waals surface area contributed by atoms with E-state index in [0.29, 0.717) is 16.6 Å². The average molecular weight is 377 g/mol. The maximum atomic E-state index is 13.6. The summed E-state index contributed by atoms with van der Waals surface area (Å²) in [5.41, 5.74) is 1.47. The smallest absolute Gasteiger partial charge is 0.255 e. The Kier molecular flexibility index (Phi) is 4.78. The number of halogens is 2. The van der Waals surface area contributed by atoms with Gasteiger partial charge in [-0.3, -0.25) is 4.79 Å². The number of carbonyl (C=O) groups is 1. The largest absolute Gasteiger partial charge is 0.329 e. The standard InChI is InChI=1S/C18H18BrFN2O/c1-21-9-10-22(17(12-21)13-5-3-2-4-6-13)18(23)15-11-14(20)7-8-16(15)19/h2-8,11,17H,9-10,12H2,1H3/t17-/m0/s1. The molecular formula is C18H18BrFN2O. The zero-order valence-electron chi connectivity index (χ0n) is 12.9. The van der Waals surface area contributed by atoms with Gasteiger partial charge in [-0.25, -0.2) is 4.39 Å². The van der Waals surface area contributed by atoms with Gasteiger partial charge in [0, 0.05) is 24.1 Å². The molecule has 0 spiro atoms. The first-order chi connectivity index (χ1) is 11.1. The van der Waals surface area contributed by atoms with Gasteiger partial charge in [-0.1, -0.05) is 30.3 Å². The van der Waals surface area contributed by atoms with Crippen molar-refractivity contribution in [3.63, 3.8) is 0 Å². The Labute approximate surface area is 143 Å². The molecule has 1 atom stereocenters. The summed E-state index contributed by atoms with van der Waals surface area (Å²) in [6.45, 7) is 2.20. The predicted molar refractivity (Wildman–Crippen MR) is 91.8 cm³/mol. The van der Waals surface area contributed by atoms with Crippen LogP contribution in [0.25, 0.3) is 0 Å². The zero-order chi connectivity index (χ0) is 16.4. The molecule has 0 bridgehead atoms. The number of hydrogen-bond donors (Lipinski definition) is 0. The Balaban J connectivity index is 1.95. The first-order valence-electron chi connectivity index (χ1n) is 7.56. The SMILES string of the molecule is CN1CCN(C(=O)c2cc(F)ccc2Br)[C@H](c2ccccc2)C1. The van der Waals surface area contributed by atoms with Crippen LogP contribution in [-0.4, -0.2) is 42.4 Å². The maximum absolute atomic E-state index is 13.6. The fourth-order valence-electron chi connectivity index (χ4n) is 2.94. The van der Waals surface area contributed by atoms with E-state index in [0.717, 1.165) is 18.7 Å². The number of likely N-dealkylation sites (N-methyl/N-ethyl adjacent to an activating group) is 1. The van der Waals surface area contributed by atoms with Crippen molar-refractivity contribution in [2.45, 2.75) is 6.04 Å². The van der Waals surface area contributed by atoms with Crippen molar-refractivity contribution >= 4 is 21.8 Å². The molecule has 0 unspecified atom stereocenters. The molecule has 23 heavy (non-hydrogen) atoms.